The minimum atomic E-state index is -0.222. The van der Waals surface area contributed by atoms with Crippen LogP contribution in [0, 0.1) is 0 Å². The number of carbonyl (C=O) groups excluding carboxylic acids is 1. The van der Waals surface area contributed by atoms with E-state index < -0.39 is 0 Å². The van der Waals surface area contributed by atoms with Crippen LogP contribution in [0.5, 0.6) is 0 Å². The summed E-state index contributed by atoms with van der Waals surface area (Å²) in [7, 11) is 0. The molecule has 1 amide bonds. The smallest absolute Gasteiger partial charge is 0.255 e. The lowest BCUT2D eigenvalue weighted by Gasteiger charge is -2.05. The molecule has 0 saturated heterocycles. The van der Waals surface area contributed by atoms with Crippen molar-refractivity contribution in [3.63, 3.8) is 0 Å². The Hall–Kier alpha value is -2.33. The first-order valence-corrected chi connectivity index (χ1v) is 6.00. The lowest BCUT2D eigenvalue weighted by molar-refractivity contribution is 0.102. The van der Waals surface area contributed by atoms with Crippen LogP contribution in [0.4, 0.5) is 5.69 Å². The maximum atomic E-state index is 12.1. The van der Waals surface area contributed by atoms with Gasteiger partial charge in [-0.1, -0.05) is 17.7 Å². The number of aromatic nitrogens is 1. The van der Waals surface area contributed by atoms with E-state index in [1.54, 1.807) is 42.5 Å². The monoisotopic (exact) mass is 272 g/mol. The van der Waals surface area contributed by atoms with Gasteiger partial charge in [-0.3, -0.25) is 4.79 Å². The van der Waals surface area contributed by atoms with Gasteiger partial charge in [0, 0.05) is 16.3 Å². The third-order valence-electron chi connectivity index (χ3n) is 2.68. The Morgan fingerprint density at radius 2 is 2.11 bits per heavy atom. The van der Waals surface area contributed by atoms with Gasteiger partial charge in [0.2, 0.25) is 0 Å². The molecule has 94 valence electrons. The van der Waals surface area contributed by atoms with Crippen molar-refractivity contribution in [3.05, 3.63) is 59.4 Å². The molecule has 1 aromatic heterocycles. The molecule has 19 heavy (non-hydrogen) atoms. The summed E-state index contributed by atoms with van der Waals surface area (Å²) in [5.41, 5.74) is 2.46. The van der Waals surface area contributed by atoms with Crippen molar-refractivity contribution >= 4 is 34.3 Å². The lowest BCUT2D eigenvalue weighted by atomic mass is 10.2. The fourth-order valence-corrected chi connectivity index (χ4v) is 1.96. The van der Waals surface area contributed by atoms with Crippen LogP contribution in [0.3, 0.4) is 0 Å². The number of nitrogens with one attached hydrogen (secondary N) is 1. The number of hydrogen-bond donors (Lipinski definition) is 1. The number of benzene rings is 2. The second-order valence-electron chi connectivity index (χ2n) is 4.00. The Bertz CT molecular complexity index is 752. The van der Waals surface area contributed by atoms with E-state index in [1.165, 1.54) is 6.39 Å². The zero-order valence-corrected chi connectivity index (χ0v) is 10.5. The zero-order valence-electron chi connectivity index (χ0n) is 9.76. The summed E-state index contributed by atoms with van der Waals surface area (Å²) in [4.78, 5) is 16.1. The number of nitrogens with zero attached hydrogens (tertiary/aromatic N) is 1. The molecule has 4 nitrogen and oxygen atoms in total. The van der Waals surface area contributed by atoms with E-state index >= 15 is 0 Å². The maximum Gasteiger partial charge on any atom is 0.255 e. The second-order valence-corrected chi connectivity index (χ2v) is 4.44. The summed E-state index contributed by atoms with van der Waals surface area (Å²) in [5.74, 6) is -0.222. The van der Waals surface area contributed by atoms with E-state index in [1.807, 2.05) is 0 Å². The average Bonchev–Trinajstić information content (AvgIpc) is 2.85. The molecule has 0 saturated carbocycles. The van der Waals surface area contributed by atoms with Gasteiger partial charge in [-0.05, 0) is 36.4 Å². The van der Waals surface area contributed by atoms with Crippen LogP contribution in [0.1, 0.15) is 10.4 Å². The van der Waals surface area contributed by atoms with Crippen molar-refractivity contribution < 1.29 is 9.21 Å². The summed E-state index contributed by atoms with van der Waals surface area (Å²) in [6.07, 6.45) is 1.35. The highest BCUT2D eigenvalue weighted by molar-refractivity contribution is 6.31. The van der Waals surface area contributed by atoms with Crippen molar-refractivity contribution in [1.29, 1.82) is 0 Å². The Morgan fingerprint density at radius 3 is 2.95 bits per heavy atom. The number of oxazole rings is 1. The van der Waals surface area contributed by atoms with Crippen molar-refractivity contribution in [3.8, 4) is 0 Å². The van der Waals surface area contributed by atoms with Gasteiger partial charge in [-0.2, -0.15) is 0 Å². The molecule has 0 radical (unpaired) electrons. The number of rotatable bonds is 2. The maximum absolute atomic E-state index is 12.1. The summed E-state index contributed by atoms with van der Waals surface area (Å²) in [6, 6.07) is 12.1. The minimum absolute atomic E-state index is 0.222. The first-order chi connectivity index (χ1) is 9.22. The van der Waals surface area contributed by atoms with Crippen LogP contribution in [-0.2, 0) is 0 Å². The molecule has 3 rings (SSSR count). The van der Waals surface area contributed by atoms with Gasteiger partial charge in [0.25, 0.3) is 5.91 Å². The molecule has 0 bridgehead atoms. The van der Waals surface area contributed by atoms with Crippen molar-refractivity contribution in [2.75, 3.05) is 5.32 Å². The van der Waals surface area contributed by atoms with Crippen LogP contribution in [-0.4, -0.2) is 10.9 Å². The van der Waals surface area contributed by atoms with E-state index in [0.29, 0.717) is 21.9 Å². The lowest BCUT2D eigenvalue weighted by Crippen LogP contribution is -2.11. The van der Waals surface area contributed by atoms with Gasteiger partial charge in [0.05, 0.1) is 0 Å². The molecule has 0 aliphatic heterocycles. The number of amides is 1. The molecule has 0 atom stereocenters. The van der Waals surface area contributed by atoms with Gasteiger partial charge in [0.15, 0.2) is 12.0 Å². The topological polar surface area (TPSA) is 55.1 Å². The fourth-order valence-electron chi connectivity index (χ4n) is 1.77. The Balaban J connectivity index is 1.87. The largest absolute Gasteiger partial charge is 0.443 e. The van der Waals surface area contributed by atoms with Crippen LogP contribution in [0.15, 0.2) is 53.3 Å². The van der Waals surface area contributed by atoms with E-state index in [9.17, 15) is 4.79 Å². The first kappa shape index (κ1) is 11.7. The fraction of sp³-hybridized carbons (Fsp3) is 0. The Labute approximate surface area is 114 Å². The Morgan fingerprint density at radius 1 is 1.21 bits per heavy atom. The van der Waals surface area contributed by atoms with Gasteiger partial charge >= 0.3 is 0 Å². The molecule has 0 unspecified atom stereocenters. The van der Waals surface area contributed by atoms with Crippen molar-refractivity contribution in [2.45, 2.75) is 0 Å². The van der Waals surface area contributed by atoms with Gasteiger partial charge < -0.3 is 9.73 Å². The van der Waals surface area contributed by atoms with E-state index in [-0.39, 0.29) is 5.91 Å². The SMILES string of the molecule is O=C(Nc1cccc(Cl)c1)c1ccc2ncoc2c1. The molecule has 1 N–H and O–H groups in total. The third kappa shape index (κ3) is 2.44. The number of carbonyl (C=O) groups is 1. The van der Waals surface area contributed by atoms with Crippen molar-refractivity contribution in [2.24, 2.45) is 0 Å². The van der Waals surface area contributed by atoms with Crippen LogP contribution < -0.4 is 5.32 Å². The highest BCUT2D eigenvalue weighted by Crippen LogP contribution is 2.18. The molecule has 3 aromatic rings. The molecule has 1 heterocycles. The van der Waals surface area contributed by atoms with E-state index in [0.717, 1.165) is 5.52 Å². The number of halogens is 1. The molecule has 0 aliphatic rings. The van der Waals surface area contributed by atoms with Gasteiger partial charge in [0.1, 0.15) is 5.52 Å². The normalized spacial score (nSPS) is 10.6. The van der Waals surface area contributed by atoms with Crippen LogP contribution in [0.25, 0.3) is 11.1 Å². The standard InChI is InChI=1S/C14H9ClN2O2/c15-10-2-1-3-11(7-10)17-14(18)9-4-5-12-13(6-9)19-8-16-12/h1-8H,(H,17,18). The summed E-state index contributed by atoms with van der Waals surface area (Å²) in [6.45, 7) is 0. The van der Waals surface area contributed by atoms with Crippen LogP contribution >= 0.6 is 11.6 Å². The molecular weight excluding hydrogens is 264 g/mol. The molecule has 2 aromatic carbocycles. The summed E-state index contributed by atoms with van der Waals surface area (Å²) >= 11 is 5.86. The van der Waals surface area contributed by atoms with Gasteiger partial charge in [-0.15, -0.1) is 0 Å². The Kier molecular flexibility index (Phi) is 2.93. The summed E-state index contributed by atoms with van der Waals surface area (Å²) < 4.78 is 5.17. The first-order valence-electron chi connectivity index (χ1n) is 5.62. The predicted octanol–water partition coefficient (Wildman–Crippen LogP) is 3.73. The third-order valence-corrected chi connectivity index (χ3v) is 2.91. The summed E-state index contributed by atoms with van der Waals surface area (Å²) in [5, 5.41) is 3.34. The average molecular weight is 273 g/mol. The van der Waals surface area contributed by atoms with E-state index in [4.69, 9.17) is 16.0 Å². The second kappa shape index (κ2) is 4.74. The highest BCUT2D eigenvalue weighted by atomic mass is 35.5. The number of fused-ring (bicyclic) bond motifs is 1. The number of anilines is 1. The van der Waals surface area contributed by atoms with Gasteiger partial charge in [-0.25, -0.2) is 4.98 Å². The number of hydrogen-bond acceptors (Lipinski definition) is 3. The quantitative estimate of drug-likeness (QED) is 0.773. The molecule has 0 aliphatic carbocycles. The molecule has 0 fully saturated rings. The zero-order chi connectivity index (χ0) is 13.2. The molecule has 5 heteroatoms. The van der Waals surface area contributed by atoms with Crippen molar-refractivity contribution in [1.82, 2.24) is 4.98 Å². The minimum Gasteiger partial charge on any atom is -0.443 e. The predicted molar refractivity (Wildman–Crippen MR) is 73.4 cm³/mol. The molecule has 0 spiro atoms. The van der Waals surface area contributed by atoms with E-state index in [2.05, 4.69) is 10.3 Å². The molecular formula is C14H9ClN2O2. The van der Waals surface area contributed by atoms with Crippen LogP contribution in [0.2, 0.25) is 5.02 Å². The highest BCUT2D eigenvalue weighted by Gasteiger charge is 2.08.